The standard InChI is InChI=1S/C21H25ClN2O3/c1-21(2,3)27-20(26)24(4)14-18(25)23-19(15-9-6-5-7-10-15)16-11-8-12-17(22)13-16/h5-13,19H,14H2,1-4H3,(H,23,25). The van der Waals surface area contributed by atoms with E-state index in [0.717, 1.165) is 11.1 Å². The maximum Gasteiger partial charge on any atom is 0.410 e. The molecule has 0 aliphatic rings. The number of ether oxygens (including phenoxy) is 1. The number of likely N-dealkylation sites (N-methyl/N-ethyl adjacent to an activating group) is 1. The molecule has 2 aromatic carbocycles. The zero-order valence-corrected chi connectivity index (χ0v) is 16.8. The zero-order chi connectivity index (χ0) is 20.0. The van der Waals surface area contributed by atoms with Crippen molar-refractivity contribution in [2.24, 2.45) is 0 Å². The van der Waals surface area contributed by atoms with Gasteiger partial charge in [0.25, 0.3) is 0 Å². The summed E-state index contributed by atoms with van der Waals surface area (Å²) in [6, 6.07) is 16.6. The average molecular weight is 389 g/mol. The third-order valence-corrected chi connectivity index (χ3v) is 3.94. The number of nitrogens with one attached hydrogen (secondary N) is 1. The van der Waals surface area contributed by atoms with Crippen LogP contribution in [-0.4, -0.2) is 36.1 Å². The first-order valence-corrected chi connectivity index (χ1v) is 9.07. The van der Waals surface area contributed by atoms with Crippen molar-refractivity contribution in [1.82, 2.24) is 10.2 Å². The Balaban J connectivity index is 2.13. The van der Waals surface area contributed by atoms with Gasteiger partial charge in [-0.2, -0.15) is 0 Å². The summed E-state index contributed by atoms with van der Waals surface area (Å²) >= 11 is 6.12. The van der Waals surface area contributed by atoms with E-state index >= 15 is 0 Å². The minimum absolute atomic E-state index is 0.112. The molecule has 0 aliphatic carbocycles. The second-order valence-electron chi connectivity index (χ2n) is 7.30. The summed E-state index contributed by atoms with van der Waals surface area (Å²) in [4.78, 5) is 25.9. The SMILES string of the molecule is CN(CC(=O)NC(c1ccccc1)c1cccc(Cl)c1)C(=O)OC(C)(C)C. The Morgan fingerprint density at radius 1 is 1.07 bits per heavy atom. The Labute approximate surface area is 165 Å². The van der Waals surface area contributed by atoms with E-state index in [4.69, 9.17) is 16.3 Å². The van der Waals surface area contributed by atoms with E-state index in [9.17, 15) is 9.59 Å². The molecule has 0 bridgehead atoms. The molecule has 144 valence electrons. The highest BCUT2D eigenvalue weighted by atomic mass is 35.5. The summed E-state index contributed by atoms with van der Waals surface area (Å²) in [6.45, 7) is 5.23. The van der Waals surface area contributed by atoms with E-state index in [1.165, 1.54) is 11.9 Å². The van der Waals surface area contributed by atoms with Crippen LogP contribution in [0.2, 0.25) is 5.02 Å². The molecule has 0 saturated carbocycles. The molecule has 6 heteroatoms. The number of carbonyl (C=O) groups is 2. The third kappa shape index (κ3) is 6.61. The fourth-order valence-corrected chi connectivity index (χ4v) is 2.72. The van der Waals surface area contributed by atoms with Crippen LogP contribution in [0.3, 0.4) is 0 Å². The highest BCUT2D eigenvalue weighted by Gasteiger charge is 2.23. The predicted octanol–water partition coefficient (Wildman–Crippen LogP) is 4.41. The fourth-order valence-electron chi connectivity index (χ4n) is 2.52. The van der Waals surface area contributed by atoms with E-state index in [1.54, 1.807) is 26.8 Å². The van der Waals surface area contributed by atoms with Crippen molar-refractivity contribution in [2.45, 2.75) is 32.4 Å². The smallest absolute Gasteiger partial charge is 0.410 e. The van der Waals surface area contributed by atoms with Crippen LogP contribution >= 0.6 is 11.6 Å². The quantitative estimate of drug-likeness (QED) is 0.825. The molecule has 0 radical (unpaired) electrons. The molecule has 1 unspecified atom stereocenters. The van der Waals surface area contributed by atoms with Crippen molar-refractivity contribution in [1.29, 1.82) is 0 Å². The first-order valence-electron chi connectivity index (χ1n) is 8.69. The van der Waals surface area contributed by atoms with Crippen LogP contribution in [0.1, 0.15) is 37.9 Å². The van der Waals surface area contributed by atoms with E-state index in [0.29, 0.717) is 5.02 Å². The lowest BCUT2D eigenvalue weighted by molar-refractivity contribution is -0.122. The van der Waals surface area contributed by atoms with Gasteiger partial charge >= 0.3 is 6.09 Å². The Morgan fingerprint density at radius 2 is 1.70 bits per heavy atom. The van der Waals surface area contributed by atoms with Gasteiger partial charge in [0.15, 0.2) is 0 Å². The van der Waals surface area contributed by atoms with Crippen LogP contribution in [0.4, 0.5) is 4.79 Å². The predicted molar refractivity (Wildman–Crippen MR) is 107 cm³/mol. The van der Waals surface area contributed by atoms with E-state index in [-0.39, 0.29) is 18.5 Å². The normalized spacial score (nSPS) is 12.2. The lowest BCUT2D eigenvalue weighted by Crippen LogP contribution is -2.42. The number of nitrogens with zero attached hydrogens (tertiary/aromatic N) is 1. The van der Waals surface area contributed by atoms with Gasteiger partial charge in [-0.1, -0.05) is 54.1 Å². The van der Waals surface area contributed by atoms with Gasteiger partial charge in [0.05, 0.1) is 6.04 Å². The molecule has 0 aliphatic heterocycles. The topological polar surface area (TPSA) is 58.6 Å². The molecule has 1 N–H and O–H groups in total. The Morgan fingerprint density at radius 3 is 2.30 bits per heavy atom. The van der Waals surface area contributed by atoms with Crippen molar-refractivity contribution >= 4 is 23.6 Å². The number of hydrogen-bond donors (Lipinski definition) is 1. The Kier molecular flexibility index (Phi) is 6.86. The van der Waals surface area contributed by atoms with Gasteiger partial charge in [0.1, 0.15) is 12.1 Å². The molecule has 5 nitrogen and oxygen atoms in total. The maximum absolute atomic E-state index is 12.6. The van der Waals surface area contributed by atoms with Crippen LogP contribution in [0, 0.1) is 0 Å². The first kappa shape index (κ1) is 20.8. The number of amides is 2. The first-order chi connectivity index (χ1) is 12.7. The molecule has 2 rings (SSSR count). The minimum Gasteiger partial charge on any atom is -0.444 e. The zero-order valence-electron chi connectivity index (χ0n) is 16.0. The molecule has 0 saturated heterocycles. The maximum atomic E-state index is 12.6. The molecule has 0 fully saturated rings. The Bertz CT molecular complexity index is 788. The van der Waals surface area contributed by atoms with Gasteiger partial charge in [0, 0.05) is 12.1 Å². The summed E-state index contributed by atoms with van der Waals surface area (Å²) in [6.07, 6.45) is -0.545. The average Bonchev–Trinajstić information content (AvgIpc) is 2.59. The van der Waals surface area contributed by atoms with Gasteiger partial charge in [-0.15, -0.1) is 0 Å². The van der Waals surface area contributed by atoms with Crippen molar-refractivity contribution in [3.63, 3.8) is 0 Å². The number of halogens is 1. The molecule has 2 amide bonds. The van der Waals surface area contributed by atoms with Crippen molar-refractivity contribution in [2.75, 3.05) is 13.6 Å². The third-order valence-electron chi connectivity index (χ3n) is 3.71. The molecule has 2 aromatic rings. The molecule has 27 heavy (non-hydrogen) atoms. The van der Waals surface area contributed by atoms with Crippen molar-refractivity contribution in [3.8, 4) is 0 Å². The van der Waals surface area contributed by atoms with Gasteiger partial charge in [-0.05, 0) is 44.0 Å². The lowest BCUT2D eigenvalue weighted by atomic mass is 9.98. The van der Waals surface area contributed by atoms with Crippen LogP contribution in [-0.2, 0) is 9.53 Å². The number of hydrogen-bond acceptors (Lipinski definition) is 3. The molecule has 1 atom stereocenters. The molecular weight excluding hydrogens is 364 g/mol. The van der Waals surface area contributed by atoms with Gasteiger partial charge in [0.2, 0.25) is 5.91 Å². The van der Waals surface area contributed by atoms with Crippen LogP contribution in [0.5, 0.6) is 0 Å². The monoisotopic (exact) mass is 388 g/mol. The van der Waals surface area contributed by atoms with E-state index in [1.807, 2.05) is 48.5 Å². The van der Waals surface area contributed by atoms with Gasteiger partial charge < -0.3 is 15.0 Å². The highest BCUT2D eigenvalue weighted by Crippen LogP contribution is 2.24. The number of benzene rings is 2. The van der Waals surface area contributed by atoms with Crippen LogP contribution < -0.4 is 5.32 Å². The Hall–Kier alpha value is -2.53. The summed E-state index contributed by atoms with van der Waals surface area (Å²) < 4.78 is 5.28. The van der Waals surface area contributed by atoms with Gasteiger partial charge in [-0.3, -0.25) is 4.79 Å². The molecule has 0 aromatic heterocycles. The largest absolute Gasteiger partial charge is 0.444 e. The summed E-state index contributed by atoms with van der Waals surface area (Å²) in [5.41, 5.74) is 1.17. The number of rotatable bonds is 5. The minimum atomic E-state index is -0.616. The fraction of sp³-hybridized carbons (Fsp3) is 0.333. The molecule has 0 heterocycles. The van der Waals surface area contributed by atoms with E-state index in [2.05, 4.69) is 5.32 Å². The lowest BCUT2D eigenvalue weighted by Gasteiger charge is -2.25. The second kappa shape index (κ2) is 8.91. The summed E-state index contributed by atoms with van der Waals surface area (Å²) in [5, 5.41) is 3.57. The van der Waals surface area contributed by atoms with Crippen molar-refractivity contribution in [3.05, 3.63) is 70.7 Å². The van der Waals surface area contributed by atoms with Crippen molar-refractivity contribution < 1.29 is 14.3 Å². The molecule has 0 spiro atoms. The van der Waals surface area contributed by atoms with E-state index < -0.39 is 11.7 Å². The highest BCUT2D eigenvalue weighted by molar-refractivity contribution is 6.30. The summed E-state index contributed by atoms with van der Waals surface area (Å²) in [5.74, 6) is -0.294. The van der Waals surface area contributed by atoms with Crippen LogP contribution in [0.15, 0.2) is 54.6 Å². The number of carbonyl (C=O) groups excluding carboxylic acids is 2. The van der Waals surface area contributed by atoms with Crippen LogP contribution in [0.25, 0.3) is 0 Å². The summed E-state index contributed by atoms with van der Waals surface area (Å²) in [7, 11) is 1.53. The second-order valence-corrected chi connectivity index (χ2v) is 7.74. The molecular formula is C21H25ClN2O3. The van der Waals surface area contributed by atoms with Gasteiger partial charge in [-0.25, -0.2) is 4.79 Å².